The van der Waals surface area contributed by atoms with Crippen LogP contribution in [-0.4, -0.2) is 28.4 Å². The van der Waals surface area contributed by atoms with Crippen LogP contribution in [0.25, 0.3) is 0 Å². The highest BCUT2D eigenvalue weighted by molar-refractivity contribution is 7.09. The Morgan fingerprint density at radius 2 is 2.10 bits per heavy atom. The normalized spacial score (nSPS) is 23.7. The van der Waals surface area contributed by atoms with E-state index >= 15 is 0 Å². The highest BCUT2D eigenvalue weighted by Gasteiger charge is 2.32. The zero-order chi connectivity index (χ0) is 14.7. The second-order valence-electron chi connectivity index (χ2n) is 6.36. The molecule has 1 atom stereocenters. The average Bonchev–Trinajstić information content (AvgIpc) is 3.16. The number of carbonyl (C=O) groups is 1. The third-order valence-electron chi connectivity index (χ3n) is 4.91. The van der Waals surface area contributed by atoms with E-state index in [0.717, 1.165) is 30.3 Å². The Morgan fingerprint density at radius 3 is 2.81 bits per heavy atom. The summed E-state index contributed by atoms with van der Waals surface area (Å²) in [4.78, 5) is 19.1. The van der Waals surface area contributed by atoms with Gasteiger partial charge < -0.3 is 10.6 Å². The van der Waals surface area contributed by atoms with Gasteiger partial charge in [0.2, 0.25) is 0 Å². The van der Waals surface area contributed by atoms with E-state index in [-0.39, 0.29) is 5.91 Å². The van der Waals surface area contributed by atoms with Gasteiger partial charge in [0, 0.05) is 24.5 Å². The summed E-state index contributed by atoms with van der Waals surface area (Å²) in [5, 5.41) is 2.71. The molecule has 1 aliphatic carbocycles. The van der Waals surface area contributed by atoms with E-state index in [0.29, 0.717) is 18.3 Å². The molecule has 1 unspecified atom stereocenters. The standard InChI is InChI=1S/C16H25N3OS/c17-10-15-18-14(11-21-15)16(20)19-8-4-7-13(19)9-12-5-2-1-3-6-12/h11-13H,1-10,17H2. The highest BCUT2D eigenvalue weighted by Crippen LogP contribution is 2.32. The van der Waals surface area contributed by atoms with Gasteiger partial charge in [0.15, 0.2) is 0 Å². The molecule has 0 spiro atoms. The van der Waals surface area contributed by atoms with Crippen LogP contribution in [0.2, 0.25) is 0 Å². The minimum Gasteiger partial charge on any atom is -0.334 e. The summed E-state index contributed by atoms with van der Waals surface area (Å²) < 4.78 is 0. The molecular weight excluding hydrogens is 282 g/mol. The molecule has 21 heavy (non-hydrogen) atoms. The van der Waals surface area contributed by atoms with Crippen molar-refractivity contribution in [3.8, 4) is 0 Å². The molecule has 2 heterocycles. The Bertz CT molecular complexity index is 482. The van der Waals surface area contributed by atoms with Crippen LogP contribution in [-0.2, 0) is 6.54 Å². The fourth-order valence-corrected chi connectivity index (χ4v) is 4.45. The monoisotopic (exact) mass is 307 g/mol. The number of thiazole rings is 1. The van der Waals surface area contributed by atoms with Gasteiger partial charge in [0.05, 0.1) is 0 Å². The van der Waals surface area contributed by atoms with E-state index in [1.807, 2.05) is 5.38 Å². The number of hydrogen-bond acceptors (Lipinski definition) is 4. The Hall–Kier alpha value is -0.940. The molecule has 0 radical (unpaired) electrons. The lowest BCUT2D eigenvalue weighted by Gasteiger charge is -2.29. The number of likely N-dealkylation sites (tertiary alicyclic amines) is 1. The summed E-state index contributed by atoms with van der Waals surface area (Å²) in [6, 6.07) is 0.434. The molecule has 1 amide bonds. The van der Waals surface area contributed by atoms with E-state index < -0.39 is 0 Å². The Morgan fingerprint density at radius 1 is 1.29 bits per heavy atom. The maximum atomic E-state index is 12.7. The van der Waals surface area contributed by atoms with E-state index in [4.69, 9.17) is 5.73 Å². The first-order valence-corrected chi connectivity index (χ1v) is 9.11. The first kappa shape index (κ1) is 15.0. The smallest absolute Gasteiger partial charge is 0.273 e. The largest absolute Gasteiger partial charge is 0.334 e. The fraction of sp³-hybridized carbons (Fsp3) is 0.750. The first-order valence-electron chi connectivity index (χ1n) is 8.23. The van der Waals surface area contributed by atoms with Gasteiger partial charge in [-0.25, -0.2) is 4.98 Å². The van der Waals surface area contributed by atoms with Gasteiger partial charge >= 0.3 is 0 Å². The second-order valence-corrected chi connectivity index (χ2v) is 7.31. The maximum absolute atomic E-state index is 12.7. The van der Waals surface area contributed by atoms with E-state index in [2.05, 4.69) is 9.88 Å². The zero-order valence-electron chi connectivity index (χ0n) is 12.6. The minimum absolute atomic E-state index is 0.115. The number of nitrogens with zero attached hydrogens (tertiary/aromatic N) is 2. The average molecular weight is 307 g/mol. The van der Waals surface area contributed by atoms with Gasteiger partial charge in [-0.1, -0.05) is 32.1 Å². The summed E-state index contributed by atoms with van der Waals surface area (Å²) >= 11 is 1.49. The van der Waals surface area contributed by atoms with Crippen molar-refractivity contribution in [2.24, 2.45) is 11.7 Å². The third-order valence-corrected chi connectivity index (χ3v) is 5.78. The van der Waals surface area contributed by atoms with Crippen molar-refractivity contribution in [1.82, 2.24) is 9.88 Å². The molecule has 116 valence electrons. The molecule has 5 heteroatoms. The molecule has 4 nitrogen and oxygen atoms in total. The van der Waals surface area contributed by atoms with E-state index in [1.165, 1.54) is 49.9 Å². The molecule has 2 aliphatic rings. The van der Waals surface area contributed by atoms with Crippen LogP contribution in [0.5, 0.6) is 0 Å². The van der Waals surface area contributed by atoms with Crippen LogP contribution in [0.4, 0.5) is 0 Å². The summed E-state index contributed by atoms with van der Waals surface area (Å²) in [6.45, 7) is 1.31. The van der Waals surface area contributed by atoms with Crippen molar-refractivity contribution >= 4 is 17.2 Å². The van der Waals surface area contributed by atoms with Crippen LogP contribution < -0.4 is 5.73 Å². The minimum atomic E-state index is 0.115. The Balaban J connectivity index is 1.63. The molecule has 1 aromatic heterocycles. The summed E-state index contributed by atoms with van der Waals surface area (Å²) in [5.74, 6) is 0.941. The van der Waals surface area contributed by atoms with Crippen LogP contribution in [0.15, 0.2) is 5.38 Å². The van der Waals surface area contributed by atoms with Crippen molar-refractivity contribution in [1.29, 1.82) is 0 Å². The van der Waals surface area contributed by atoms with Crippen LogP contribution >= 0.6 is 11.3 Å². The summed E-state index contributed by atoms with van der Waals surface area (Å²) in [6.07, 6.45) is 10.3. The van der Waals surface area contributed by atoms with E-state index in [1.54, 1.807) is 0 Å². The third kappa shape index (κ3) is 3.46. The van der Waals surface area contributed by atoms with E-state index in [9.17, 15) is 4.79 Å². The van der Waals surface area contributed by atoms with Gasteiger partial charge in [0.25, 0.3) is 5.91 Å². The molecule has 2 N–H and O–H groups in total. The molecular formula is C16H25N3OS. The number of aromatic nitrogens is 1. The number of rotatable bonds is 4. The maximum Gasteiger partial charge on any atom is 0.273 e. The van der Waals surface area contributed by atoms with Crippen molar-refractivity contribution in [2.75, 3.05) is 6.54 Å². The predicted molar refractivity (Wildman–Crippen MR) is 85.3 cm³/mol. The zero-order valence-corrected chi connectivity index (χ0v) is 13.4. The Labute approximate surface area is 130 Å². The number of nitrogens with two attached hydrogens (primary N) is 1. The van der Waals surface area contributed by atoms with Crippen molar-refractivity contribution < 1.29 is 4.79 Å². The van der Waals surface area contributed by atoms with Crippen LogP contribution in [0.3, 0.4) is 0 Å². The van der Waals surface area contributed by atoms with Crippen LogP contribution in [0.1, 0.15) is 66.9 Å². The van der Waals surface area contributed by atoms with Crippen molar-refractivity contribution in [3.05, 3.63) is 16.1 Å². The van der Waals surface area contributed by atoms with Gasteiger partial charge in [-0.05, 0) is 25.2 Å². The predicted octanol–water partition coefficient (Wildman–Crippen LogP) is 3.18. The lowest BCUT2D eigenvalue weighted by Crippen LogP contribution is -2.37. The SMILES string of the molecule is NCc1nc(C(=O)N2CCCC2CC2CCCCC2)cs1. The number of amides is 1. The number of carbonyl (C=O) groups excluding carboxylic acids is 1. The van der Waals surface area contributed by atoms with Gasteiger partial charge in [-0.2, -0.15) is 0 Å². The lowest BCUT2D eigenvalue weighted by molar-refractivity contribution is 0.0706. The topological polar surface area (TPSA) is 59.2 Å². The number of hydrogen-bond donors (Lipinski definition) is 1. The summed E-state index contributed by atoms with van der Waals surface area (Å²) in [5.41, 5.74) is 6.18. The van der Waals surface area contributed by atoms with Crippen molar-refractivity contribution in [2.45, 2.75) is 64.0 Å². The molecule has 1 saturated carbocycles. The van der Waals surface area contributed by atoms with Gasteiger partial charge in [-0.3, -0.25) is 4.79 Å². The first-order chi connectivity index (χ1) is 10.3. The summed E-state index contributed by atoms with van der Waals surface area (Å²) in [7, 11) is 0. The lowest BCUT2D eigenvalue weighted by atomic mass is 9.84. The Kier molecular flexibility index (Phi) is 4.91. The molecule has 3 rings (SSSR count). The molecule has 1 aliphatic heterocycles. The van der Waals surface area contributed by atoms with Gasteiger partial charge in [0.1, 0.15) is 10.7 Å². The van der Waals surface area contributed by atoms with Gasteiger partial charge in [-0.15, -0.1) is 11.3 Å². The van der Waals surface area contributed by atoms with Crippen molar-refractivity contribution in [3.63, 3.8) is 0 Å². The quantitative estimate of drug-likeness (QED) is 0.929. The van der Waals surface area contributed by atoms with Crippen LogP contribution in [0, 0.1) is 5.92 Å². The molecule has 0 aromatic carbocycles. The molecule has 2 fully saturated rings. The molecule has 0 bridgehead atoms. The fourth-order valence-electron chi connectivity index (χ4n) is 3.81. The second kappa shape index (κ2) is 6.88. The molecule has 1 saturated heterocycles. The highest BCUT2D eigenvalue weighted by atomic mass is 32.1. The molecule has 1 aromatic rings.